The molecule has 0 radical (unpaired) electrons. The Morgan fingerprint density at radius 2 is 1.44 bits per heavy atom. The lowest BCUT2D eigenvalue weighted by molar-refractivity contribution is -0.870. The van der Waals surface area contributed by atoms with Gasteiger partial charge in [-0.2, -0.15) is 0 Å². The highest BCUT2D eigenvalue weighted by molar-refractivity contribution is 7.47. The monoisotopic (exact) mass is 833 g/mol. The van der Waals surface area contributed by atoms with Crippen LogP contribution in [0, 0.1) is 5.92 Å². The van der Waals surface area contributed by atoms with Crippen LogP contribution >= 0.6 is 7.82 Å². The van der Waals surface area contributed by atoms with Crippen molar-refractivity contribution >= 4 is 13.8 Å². The molecule has 2 unspecified atom stereocenters. The van der Waals surface area contributed by atoms with Gasteiger partial charge in [0.15, 0.2) is 12.4 Å². The summed E-state index contributed by atoms with van der Waals surface area (Å²) in [5.74, 6) is -0.694. The van der Waals surface area contributed by atoms with E-state index in [4.69, 9.17) is 23.3 Å². The molecule has 334 valence electrons. The van der Waals surface area contributed by atoms with Gasteiger partial charge in [0, 0.05) is 18.8 Å². The lowest BCUT2D eigenvalue weighted by atomic mass is 9.87. The van der Waals surface area contributed by atoms with Gasteiger partial charge in [-0.1, -0.05) is 128 Å². The Morgan fingerprint density at radius 3 is 2.09 bits per heavy atom. The Morgan fingerprint density at radius 1 is 0.825 bits per heavy atom. The molecule has 57 heavy (non-hydrogen) atoms. The number of aliphatic hydroxyl groups is 3. The first-order valence-electron chi connectivity index (χ1n) is 22.2. The van der Waals surface area contributed by atoms with Crippen LogP contribution in [0.4, 0.5) is 0 Å². The van der Waals surface area contributed by atoms with E-state index in [0.717, 1.165) is 38.5 Å². The lowest BCUT2D eigenvalue weighted by Gasteiger charge is -2.36. The minimum absolute atomic E-state index is 0.0459. The van der Waals surface area contributed by atoms with Crippen LogP contribution in [0.15, 0.2) is 36.6 Å². The van der Waals surface area contributed by atoms with Gasteiger partial charge in [0.2, 0.25) is 0 Å². The third-order valence-corrected chi connectivity index (χ3v) is 11.1. The highest BCUT2D eigenvalue weighted by Crippen LogP contribution is 2.43. The van der Waals surface area contributed by atoms with E-state index < -0.39 is 44.5 Å². The predicted molar refractivity (Wildman–Crippen MR) is 227 cm³/mol. The maximum absolute atomic E-state index is 12.6. The van der Waals surface area contributed by atoms with E-state index in [2.05, 4.69) is 13.8 Å². The van der Waals surface area contributed by atoms with E-state index in [0.29, 0.717) is 36.7 Å². The van der Waals surface area contributed by atoms with E-state index in [9.17, 15) is 29.6 Å². The van der Waals surface area contributed by atoms with Crippen LogP contribution in [-0.4, -0.2) is 109 Å². The third kappa shape index (κ3) is 31.0. The standard InChI is InChI=1S/C44H82NO11P/c1-6-8-10-11-12-13-14-15-16-17-18-19-22-26-33-52-39(37-55-57(50,51)54-34-32-45(3,4)5)36-53-43(48)29-25-21-20-24-28-40-41(47)35-44(49)56-42(40)31-30-38(46)27-23-9-7-2/h20,24,26,30-31,33,38-42,44,46-47,49H,6-19,21-23,25,27-29,32,34-37H2,1-5H3/p+1/b24-20-,31-30+,33-26+/t38-,39+,40-,41-,42+,44?/m0/s1. The number of hydrogen-bond donors (Lipinski definition) is 4. The van der Waals surface area contributed by atoms with Gasteiger partial charge in [0.05, 0.1) is 52.3 Å². The third-order valence-electron chi connectivity index (χ3n) is 10.1. The van der Waals surface area contributed by atoms with Crippen molar-refractivity contribution in [3.8, 4) is 0 Å². The molecule has 1 rings (SSSR count). The van der Waals surface area contributed by atoms with Crippen LogP contribution in [0.25, 0.3) is 0 Å². The molecule has 0 amide bonds. The number of unbranched alkanes of at least 4 members (excludes halogenated alkanes) is 15. The summed E-state index contributed by atoms with van der Waals surface area (Å²) in [6, 6.07) is 0. The number of likely N-dealkylation sites (N-methyl/N-ethyl adjacent to an activating group) is 1. The van der Waals surface area contributed by atoms with Gasteiger partial charge in [-0.3, -0.25) is 13.8 Å². The summed E-state index contributed by atoms with van der Waals surface area (Å²) in [6.45, 7) is 4.49. The number of ether oxygens (including phenoxy) is 3. The van der Waals surface area contributed by atoms with Crippen LogP contribution in [0.2, 0.25) is 0 Å². The van der Waals surface area contributed by atoms with Crippen molar-refractivity contribution in [1.29, 1.82) is 0 Å². The number of allylic oxidation sites excluding steroid dienone is 3. The summed E-state index contributed by atoms with van der Waals surface area (Å²) in [4.78, 5) is 22.8. The zero-order chi connectivity index (χ0) is 42.2. The topological polar surface area (TPSA) is 161 Å². The molecule has 1 heterocycles. The number of phosphoric acid groups is 1. The van der Waals surface area contributed by atoms with Crippen LogP contribution in [0.3, 0.4) is 0 Å². The van der Waals surface area contributed by atoms with E-state index in [1.54, 1.807) is 18.4 Å². The van der Waals surface area contributed by atoms with Crippen LogP contribution in [0.1, 0.15) is 155 Å². The van der Waals surface area contributed by atoms with E-state index >= 15 is 0 Å². The first-order chi connectivity index (χ1) is 27.3. The number of nitrogens with zero attached hydrogens (tertiary/aromatic N) is 1. The minimum atomic E-state index is -4.33. The molecule has 0 aromatic rings. The first-order valence-corrected chi connectivity index (χ1v) is 23.7. The summed E-state index contributed by atoms with van der Waals surface area (Å²) in [5, 5.41) is 31.0. The zero-order valence-corrected chi connectivity index (χ0v) is 37.2. The Balaban J connectivity index is 2.51. The number of quaternary nitrogens is 1. The second-order valence-electron chi connectivity index (χ2n) is 16.7. The molecule has 4 N–H and O–H groups in total. The van der Waals surface area contributed by atoms with Gasteiger partial charge >= 0.3 is 13.8 Å². The molecule has 0 bridgehead atoms. The molecule has 1 aliphatic rings. The van der Waals surface area contributed by atoms with E-state index in [1.165, 1.54) is 64.2 Å². The molecule has 13 heteroatoms. The SMILES string of the molecule is CCCCCCCCCCCCCC/C=C/O[C@H](COC(=O)CCC/C=C\C[C@H]1[C@@H](O)CC(O)O[C@@H]1/C=C/[C@@H](O)CCCCC)COP(=O)(O)OCC[N+](C)(C)C. The Bertz CT molecular complexity index is 1130. The average Bonchev–Trinajstić information content (AvgIpc) is 3.14. The molecule has 0 aromatic carbocycles. The van der Waals surface area contributed by atoms with Gasteiger partial charge in [0.1, 0.15) is 19.8 Å². The van der Waals surface area contributed by atoms with E-state index in [-0.39, 0.29) is 38.6 Å². The van der Waals surface area contributed by atoms with Crippen LogP contribution < -0.4 is 0 Å². The highest BCUT2D eigenvalue weighted by Gasteiger charge is 2.35. The molecule has 1 fully saturated rings. The molecular formula is C44H83NO11P+. The zero-order valence-electron chi connectivity index (χ0n) is 36.4. The van der Waals surface area contributed by atoms with Crippen molar-refractivity contribution in [3.05, 3.63) is 36.6 Å². The summed E-state index contributed by atoms with van der Waals surface area (Å²) >= 11 is 0. The summed E-state index contributed by atoms with van der Waals surface area (Å²) in [5.41, 5.74) is 0. The molecule has 12 nitrogen and oxygen atoms in total. The van der Waals surface area contributed by atoms with Crippen molar-refractivity contribution in [3.63, 3.8) is 0 Å². The lowest BCUT2D eigenvalue weighted by Crippen LogP contribution is -2.43. The first kappa shape index (κ1) is 53.4. The number of carbonyl (C=O) groups is 1. The smallest absolute Gasteiger partial charge is 0.472 e. The van der Waals surface area contributed by atoms with Crippen LogP contribution in [0.5, 0.6) is 0 Å². The minimum Gasteiger partial charge on any atom is -0.492 e. The average molecular weight is 833 g/mol. The van der Waals surface area contributed by atoms with E-state index in [1.807, 2.05) is 39.4 Å². The van der Waals surface area contributed by atoms with Gasteiger partial charge in [-0.05, 0) is 44.6 Å². The molecule has 1 aliphatic heterocycles. The fourth-order valence-corrected chi connectivity index (χ4v) is 7.20. The molecule has 7 atom stereocenters. The second-order valence-corrected chi connectivity index (χ2v) is 18.1. The summed E-state index contributed by atoms with van der Waals surface area (Å²) < 4.78 is 40.4. The molecular weight excluding hydrogens is 749 g/mol. The predicted octanol–water partition coefficient (Wildman–Crippen LogP) is 9.06. The molecule has 0 aliphatic carbocycles. The van der Waals surface area contributed by atoms with Crippen molar-refractivity contribution in [2.75, 3.05) is 47.5 Å². The molecule has 1 saturated heterocycles. The molecule has 0 saturated carbocycles. The number of aliphatic hydroxyl groups excluding tert-OH is 3. The normalized spacial score (nSPS) is 21.4. The van der Waals surface area contributed by atoms with Gasteiger partial charge in [0.25, 0.3) is 0 Å². The summed E-state index contributed by atoms with van der Waals surface area (Å²) in [7, 11) is 1.52. The van der Waals surface area contributed by atoms with Crippen LogP contribution in [-0.2, 0) is 32.6 Å². The van der Waals surface area contributed by atoms with Crippen molar-refractivity contribution in [1.82, 2.24) is 0 Å². The molecule has 0 aromatic heterocycles. The van der Waals surface area contributed by atoms with Gasteiger partial charge < -0.3 is 38.9 Å². The fraction of sp³-hybridized carbons (Fsp3) is 0.841. The Kier molecular flexibility index (Phi) is 31.1. The largest absolute Gasteiger partial charge is 0.492 e. The number of phosphoric ester groups is 1. The quantitative estimate of drug-likeness (QED) is 0.0119. The Hall–Kier alpha value is -1.60. The second kappa shape index (κ2) is 33.2. The number of esters is 1. The number of hydrogen-bond acceptors (Lipinski definition) is 10. The Labute approximate surface area is 346 Å². The van der Waals surface area contributed by atoms with Crippen molar-refractivity contribution in [2.45, 2.75) is 186 Å². The number of carbonyl (C=O) groups excluding carboxylic acids is 1. The van der Waals surface area contributed by atoms with Crippen molar-refractivity contribution < 1.29 is 57.3 Å². The fourth-order valence-electron chi connectivity index (χ4n) is 6.46. The van der Waals surface area contributed by atoms with Gasteiger partial charge in [-0.25, -0.2) is 4.57 Å². The van der Waals surface area contributed by atoms with Gasteiger partial charge in [-0.15, -0.1) is 0 Å². The molecule has 0 spiro atoms. The summed E-state index contributed by atoms with van der Waals surface area (Å²) in [6.07, 6.45) is 29.0. The maximum Gasteiger partial charge on any atom is 0.472 e. The maximum atomic E-state index is 12.6. The van der Waals surface area contributed by atoms with Crippen molar-refractivity contribution in [2.24, 2.45) is 5.92 Å². The highest BCUT2D eigenvalue weighted by atomic mass is 31.2. The number of rotatable bonds is 36.